The number of thiol groups is 2. The molecule has 0 rings (SSSR count). The number of nitrogens with two attached hydrogens (primary N) is 1. The second kappa shape index (κ2) is 15.7. The summed E-state index contributed by atoms with van der Waals surface area (Å²) in [7, 11) is 0. The smallest absolute Gasteiger partial charge is 1.00 e. The second-order valence-corrected chi connectivity index (χ2v) is 2.71. The van der Waals surface area contributed by atoms with Crippen molar-refractivity contribution < 1.29 is 72.3 Å². The minimum Gasteiger partial charge on any atom is -1.00 e. The summed E-state index contributed by atoms with van der Waals surface area (Å²) in [6.07, 6.45) is -0.0337. The van der Waals surface area contributed by atoms with Gasteiger partial charge in [-0.25, -0.2) is 5.84 Å². The van der Waals surface area contributed by atoms with Gasteiger partial charge in [0.2, 0.25) is 5.91 Å². The number of aliphatic hydroxyl groups is 1. The van der Waals surface area contributed by atoms with Gasteiger partial charge in [-0.15, -0.1) is 0 Å². The van der Waals surface area contributed by atoms with Crippen LogP contribution in [0.3, 0.4) is 0 Å². The summed E-state index contributed by atoms with van der Waals surface area (Å²) < 4.78 is 0. The van der Waals surface area contributed by atoms with Crippen LogP contribution >= 0.6 is 25.3 Å². The van der Waals surface area contributed by atoms with Gasteiger partial charge in [0.15, 0.2) is 0 Å². The molecule has 0 heterocycles. The van der Waals surface area contributed by atoms with Crippen molar-refractivity contribution in [3.8, 4) is 0 Å². The third kappa shape index (κ3) is 24.1. The number of hydrogen-bond donors (Lipinski definition) is 7. The van der Waals surface area contributed by atoms with Crippen molar-refractivity contribution in [2.75, 3.05) is 6.61 Å². The molecule has 0 aliphatic carbocycles. The van der Waals surface area contributed by atoms with E-state index >= 15 is 0 Å². The third-order valence-electron chi connectivity index (χ3n) is 0.771. The molecule has 16 heavy (non-hydrogen) atoms. The van der Waals surface area contributed by atoms with Gasteiger partial charge in [-0.1, -0.05) is 25.3 Å². The maximum absolute atomic E-state index is 10.4. The van der Waals surface area contributed by atoms with Gasteiger partial charge in [-0.2, -0.15) is 0 Å². The number of amides is 3. The molecule has 0 bridgehead atoms. The third-order valence-corrected chi connectivity index (χ3v) is 1.01. The minimum absolute atomic E-state index is 0. The van der Waals surface area contributed by atoms with Crippen LogP contribution in [0.15, 0.2) is 0 Å². The average Bonchev–Trinajstić information content (AvgIpc) is 2.16. The molecule has 3 amide bonds. The SMILES string of the molecule is NNC(=O)S.O=C(S)NNC(=O)CCO.[H-].[K+]. The summed E-state index contributed by atoms with van der Waals surface area (Å²) in [5.41, 5.74) is 5.71. The molecule has 0 saturated carbocycles. The van der Waals surface area contributed by atoms with Crippen molar-refractivity contribution in [3.63, 3.8) is 0 Å². The van der Waals surface area contributed by atoms with E-state index in [0.29, 0.717) is 0 Å². The number of hydrogen-bond acceptors (Lipinski definition) is 5. The van der Waals surface area contributed by atoms with Crippen molar-refractivity contribution in [1.82, 2.24) is 16.3 Å². The number of nitrogens with one attached hydrogen (secondary N) is 3. The molecule has 0 aromatic carbocycles. The van der Waals surface area contributed by atoms with E-state index in [9.17, 15) is 14.4 Å². The van der Waals surface area contributed by atoms with E-state index < -0.39 is 16.4 Å². The van der Waals surface area contributed by atoms with Gasteiger partial charge in [-0.05, 0) is 0 Å². The Labute approximate surface area is 147 Å². The zero-order valence-electron chi connectivity index (χ0n) is 9.56. The van der Waals surface area contributed by atoms with Crippen LogP contribution in [0.4, 0.5) is 9.59 Å². The quantitative estimate of drug-likeness (QED) is 0.0909. The molecule has 0 aliphatic heterocycles. The largest absolute Gasteiger partial charge is 1.00 e. The first kappa shape index (κ1) is 21.9. The molecule has 0 aliphatic rings. The molecule has 6 N–H and O–H groups in total. The normalized spacial score (nSPS) is 7.50. The first-order chi connectivity index (χ1) is 6.93. The predicted octanol–water partition coefficient (Wildman–Crippen LogP) is -4.34. The maximum Gasteiger partial charge on any atom is 1.00 e. The van der Waals surface area contributed by atoms with Crippen molar-refractivity contribution >= 4 is 41.6 Å². The summed E-state index contributed by atoms with van der Waals surface area (Å²) in [5, 5.41) is 7.04. The molecule has 11 heteroatoms. The maximum atomic E-state index is 10.4. The summed E-state index contributed by atoms with van der Waals surface area (Å²) in [4.78, 5) is 29.9. The fourth-order valence-electron chi connectivity index (χ4n) is 0.287. The van der Waals surface area contributed by atoms with Gasteiger partial charge in [0.05, 0.1) is 13.0 Å². The molecule has 0 aromatic heterocycles. The van der Waals surface area contributed by atoms with Gasteiger partial charge < -0.3 is 6.53 Å². The van der Waals surface area contributed by atoms with Gasteiger partial charge >= 0.3 is 51.4 Å². The summed E-state index contributed by atoms with van der Waals surface area (Å²) >= 11 is 6.54. The van der Waals surface area contributed by atoms with Crippen molar-refractivity contribution in [2.24, 2.45) is 5.84 Å². The van der Waals surface area contributed by atoms with E-state index in [-0.39, 0.29) is 65.8 Å². The van der Waals surface area contributed by atoms with E-state index in [1.807, 2.05) is 10.9 Å². The number of carbonyl (C=O) groups is 3. The Morgan fingerprint density at radius 3 is 1.88 bits per heavy atom. The molecule has 8 nitrogen and oxygen atoms in total. The Balaban J connectivity index is -0.000000105. The van der Waals surface area contributed by atoms with E-state index in [1.54, 1.807) is 5.43 Å². The molecular formula is C5H13KN4O4S2. The van der Waals surface area contributed by atoms with Crippen LogP contribution in [0.2, 0.25) is 0 Å². The topological polar surface area (TPSA) is 134 Å². The number of aliphatic hydroxyl groups excluding tert-OH is 1. The van der Waals surface area contributed by atoms with Crippen LogP contribution in [0.5, 0.6) is 0 Å². The molecule has 0 fully saturated rings. The van der Waals surface area contributed by atoms with Crippen LogP contribution in [-0.2, 0) is 4.79 Å². The Hall–Kier alpha value is 0.666. The van der Waals surface area contributed by atoms with E-state index in [2.05, 4.69) is 31.1 Å². The average molecular weight is 296 g/mol. The van der Waals surface area contributed by atoms with Crippen LogP contribution in [0.25, 0.3) is 0 Å². The van der Waals surface area contributed by atoms with Crippen LogP contribution < -0.4 is 73.5 Å². The fourth-order valence-corrected chi connectivity index (χ4v) is 0.343. The van der Waals surface area contributed by atoms with Gasteiger partial charge in [-0.3, -0.25) is 30.7 Å². The number of carbonyl (C=O) groups excluding carboxylic acids is 3. The molecule has 0 atom stereocenters. The summed E-state index contributed by atoms with van der Waals surface area (Å²) in [6.45, 7) is -0.242. The van der Waals surface area contributed by atoms with E-state index in [4.69, 9.17) is 5.11 Å². The molecule has 90 valence electrons. The molecule has 0 radical (unpaired) electrons. The Kier molecular flexibility index (Phi) is 21.4. The summed E-state index contributed by atoms with van der Waals surface area (Å²) in [5.74, 6) is 4.04. The van der Waals surface area contributed by atoms with Crippen LogP contribution in [0, 0.1) is 0 Å². The summed E-state index contributed by atoms with van der Waals surface area (Å²) in [6, 6.07) is 0. The van der Waals surface area contributed by atoms with E-state index in [1.165, 1.54) is 0 Å². The fraction of sp³-hybridized carbons (Fsp3) is 0.400. The number of rotatable bonds is 2. The van der Waals surface area contributed by atoms with E-state index in [0.717, 1.165) is 0 Å². The van der Waals surface area contributed by atoms with Crippen molar-refractivity contribution in [1.29, 1.82) is 0 Å². The predicted molar refractivity (Wildman–Crippen MR) is 60.2 cm³/mol. The Bertz CT molecular complexity index is 236. The molecule has 0 unspecified atom stereocenters. The molecular weight excluding hydrogens is 283 g/mol. The monoisotopic (exact) mass is 296 g/mol. The first-order valence-corrected chi connectivity index (χ1v) is 4.41. The molecule has 0 saturated heterocycles. The van der Waals surface area contributed by atoms with Crippen molar-refractivity contribution in [2.45, 2.75) is 6.42 Å². The van der Waals surface area contributed by atoms with Gasteiger partial charge in [0.1, 0.15) is 0 Å². The van der Waals surface area contributed by atoms with Gasteiger partial charge in [0, 0.05) is 0 Å². The Morgan fingerprint density at radius 2 is 1.62 bits per heavy atom. The molecule has 0 aromatic rings. The van der Waals surface area contributed by atoms with Crippen LogP contribution in [-0.4, -0.2) is 28.1 Å². The Morgan fingerprint density at radius 1 is 1.19 bits per heavy atom. The standard InChI is InChI=1S/C4H8N2O3S.CH4N2OS.K.H/c7-2-1-3(8)5-6-4(9)10;2-3-1(4)5;;/h7H,1-2H2,(H,5,8)(H2,6,9,10);2H2,(H2,3,4,5);;/q;;+1;-1. The first-order valence-electron chi connectivity index (χ1n) is 3.52. The zero-order chi connectivity index (χ0) is 12.3. The van der Waals surface area contributed by atoms with Gasteiger partial charge in [0.25, 0.3) is 10.5 Å². The molecule has 0 spiro atoms. The van der Waals surface area contributed by atoms with Crippen molar-refractivity contribution in [3.05, 3.63) is 0 Å². The number of hydrazine groups is 2. The van der Waals surface area contributed by atoms with Crippen LogP contribution in [0.1, 0.15) is 7.85 Å². The second-order valence-electron chi connectivity index (χ2n) is 1.90. The minimum atomic E-state index is -0.647. The zero-order valence-corrected chi connectivity index (χ0v) is 13.5.